The second kappa shape index (κ2) is 11.5. The fourth-order valence-electron chi connectivity index (χ4n) is 3.12. The van der Waals surface area contributed by atoms with Crippen molar-refractivity contribution in [1.82, 2.24) is 10.1 Å². The number of fused-ring (bicyclic) bond motifs is 1. The van der Waals surface area contributed by atoms with Crippen LogP contribution in [-0.4, -0.2) is 29.7 Å². The highest BCUT2D eigenvalue weighted by Crippen LogP contribution is 2.38. The Balaban J connectivity index is 0.00000176. The number of rotatable bonds is 8. The van der Waals surface area contributed by atoms with Crippen LogP contribution >= 0.6 is 0 Å². The van der Waals surface area contributed by atoms with Crippen molar-refractivity contribution in [3.05, 3.63) is 47.8 Å². The van der Waals surface area contributed by atoms with Gasteiger partial charge in [-0.3, -0.25) is 9.69 Å². The maximum atomic E-state index is 13.1. The van der Waals surface area contributed by atoms with Gasteiger partial charge in [0.05, 0.1) is 12.0 Å². The Labute approximate surface area is 185 Å². The minimum absolute atomic E-state index is 0.0783. The molecule has 3 rings (SSSR count). The van der Waals surface area contributed by atoms with Crippen LogP contribution < -0.4 is 9.64 Å². The monoisotopic (exact) mass is 451 g/mol. The third-order valence-electron chi connectivity index (χ3n) is 4.63. The van der Waals surface area contributed by atoms with E-state index < -0.39 is 11.9 Å². The van der Waals surface area contributed by atoms with Crippen molar-refractivity contribution in [1.29, 1.82) is 0 Å². The molecule has 0 saturated carbocycles. The average molecular weight is 451 g/mol. The van der Waals surface area contributed by atoms with Crippen LogP contribution in [0.25, 0.3) is 11.0 Å². The lowest BCUT2D eigenvalue weighted by Gasteiger charge is -2.16. The molecule has 0 fully saturated rings. The topological polar surface area (TPSA) is 68.5 Å². The number of aryl methyl sites for hydroxylation is 1. The summed E-state index contributed by atoms with van der Waals surface area (Å²) < 4.78 is 50.0. The summed E-state index contributed by atoms with van der Waals surface area (Å²) in [5, 5.41) is 3.13. The first kappa shape index (κ1) is 25.2. The molecule has 0 spiro atoms. The molecule has 0 N–H and O–H groups in total. The Morgan fingerprint density at radius 2 is 1.94 bits per heavy atom. The van der Waals surface area contributed by atoms with Crippen LogP contribution in [0.4, 0.5) is 19.0 Å². The molecule has 0 aliphatic carbocycles. The number of hydrogen-bond acceptors (Lipinski definition) is 5. The second-order valence-electron chi connectivity index (χ2n) is 6.79. The van der Waals surface area contributed by atoms with Crippen LogP contribution in [0.3, 0.4) is 0 Å². The molecule has 2 heterocycles. The third kappa shape index (κ3) is 5.99. The van der Waals surface area contributed by atoms with E-state index in [0.717, 1.165) is 0 Å². The predicted molar refractivity (Wildman–Crippen MR) is 117 cm³/mol. The normalized spacial score (nSPS) is 11.1. The molecule has 6 nitrogen and oxygen atoms in total. The largest absolute Gasteiger partial charge is 0.493 e. The van der Waals surface area contributed by atoms with Crippen LogP contribution in [0.2, 0.25) is 0 Å². The highest BCUT2D eigenvalue weighted by Gasteiger charge is 2.37. The van der Waals surface area contributed by atoms with E-state index in [9.17, 15) is 18.0 Å². The predicted octanol–water partition coefficient (Wildman–Crippen LogP) is 6.04. The molecule has 2 aromatic heterocycles. The van der Waals surface area contributed by atoms with Crippen LogP contribution in [0.15, 0.2) is 41.1 Å². The summed E-state index contributed by atoms with van der Waals surface area (Å²) in [6.45, 7) is 6.15. The van der Waals surface area contributed by atoms with Crippen LogP contribution in [0.5, 0.6) is 5.75 Å². The number of anilines is 1. The van der Waals surface area contributed by atoms with Gasteiger partial charge in [-0.25, -0.2) is 4.98 Å². The number of carbonyl (C=O) groups excluding carboxylic acids is 1. The zero-order valence-corrected chi connectivity index (χ0v) is 18.7. The van der Waals surface area contributed by atoms with Gasteiger partial charge in [-0.1, -0.05) is 38.4 Å². The molecule has 3 aromatic rings. The maximum absolute atomic E-state index is 13.1. The number of alkyl halides is 3. The van der Waals surface area contributed by atoms with Gasteiger partial charge in [0, 0.05) is 25.2 Å². The van der Waals surface area contributed by atoms with Gasteiger partial charge in [0.15, 0.2) is 11.3 Å². The minimum atomic E-state index is -4.59. The van der Waals surface area contributed by atoms with Crippen molar-refractivity contribution in [3.63, 3.8) is 0 Å². The fraction of sp³-hybridized carbons (Fsp3) is 0.435. The number of carbonyl (C=O) groups is 1. The molecular formula is C23H28F3N3O3. The van der Waals surface area contributed by atoms with Gasteiger partial charge in [-0.15, -0.1) is 0 Å². The quantitative estimate of drug-likeness (QED) is 0.391. The standard InChI is InChI=1S/C21H22F3N3O3.C2H6/c1-3-7-14-16(11-10-15-19(14)30-26-20(15)21(22,23)24)29-13-6-9-18(28)27(2)17-8-4-5-12-25-17;1-2/h4-5,8,10-12H,3,6-7,9,13H2,1-2H3;1-2H3. The lowest BCUT2D eigenvalue weighted by Crippen LogP contribution is -2.27. The van der Waals surface area contributed by atoms with Crippen molar-refractivity contribution in [2.45, 2.75) is 52.6 Å². The Kier molecular flexibility index (Phi) is 9.04. The van der Waals surface area contributed by atoms with E-state index in [1.165, 1.54) is 17.0 Å². The fourth-order valence-corrected chi connectivity index (χ4v) is 3.12. The molecule has 0 bridgehead atoms. The Bertz CT molecular complexity index is 1000. The number of halogens is 3. The summed E-state index contributed by atoms with van der Waals surface area (Å²) in [4.78, 5) is 17.9. The average Bonchev–Trinajstić information content (AvgIpc) is 3.24. The lowest BCUT2D eigenvalue weighted by molar-refractivity contribution is -0.141. The molecule has 174 valence electrons. The van der Waals surface area contributed by atoms with Gasteiger partial charge in [0.2, 0.25) is 5.91 Å². The van der Waals surface area contributed by atoms with Crippen LogP contribution in [0, 0.1) is 0 Å². The molecule has 32 heavy (non-hydrogen) atoms. The first-order valence-electron chi connectivity index (χ1n) is 10.6. The highest BCUT2D eigenvalue weighted by molar-refractivity contribution is 5.91. The summed E-state index contributed by atoms with van der Waals surface area (Å²) >= 11 is 0. The second-order valence-corrected chi connectivity index (χ2v) is 6.79. The van der Waals surface area contributed by atoms with Crippen molar-refractivity contribution in [3.8, 4) is 5.75 Å². The molecule has 1 amide bonds. The smallest absolute Gasteiger partial charge is 0.437 e. The highest BCUT2D eigenvalue weighted by atomic mass is 19.4. The van der Waals surface area contributed by atoms with E-state index in [1.54, 1.807) is 31.4 Å². The van der Waals surface area contributed by atoms with Crippen molar-refractivity contribution >= 4 is 22.7 Å². The van der Waals surface area contributed by atoms with Gasteiger partial charge < -0.3 is 9.26 Å². The zero-order chi connectivity index (χ0) is 23.7. The number of nitrogens with zero attached hydrogens (tertiary/aromatic N) is 3. The molecular weight excluding hydrogens is 423 g/mol. The first-order valence-corrected chi connectivity index (χ1v) is 10.6. The molecule has 0 aliphatic rings. The van der Waals surface area contributed by atoms with E-state index in [-0.39, 0.29) is 29.9 Å². The Morgan fingerprint density at radius 3 is 2.56 bits per heavy atom. The van der Waals surface area contributed by atoms with Crippen LogP contribution in [0.1, 0.15) is 51.3 Å². The van der Waals surface area contributed by atoms with Crippen molar-refractivity contribution < 1.29 is 27.2 Å². The zero-order valence-electron chi connectivity index (χ0n) is 18.7. The number of ether oxygens (including phenoxy) is 1. The third-order valence-corrected chi connectivity index (χ3v) is 4.63. The molecule has 9 heteroatoms. The van der Waals surface area contributed by atoms with Gasteiger partial charge in [0.25, 0.3) is 0 Å². The summed E-state index contributed by atoms with van der Waals surface area (Å²) in [7, 11) is 1.65. The summed E-state index contributed by atoms with van der Waals surface area (Å²) in [6, 6.07) is 8.12. The van der Waals surface area contributed by atoms with E-state index in [1.807, 2.05) is 20.8 Å². The van der Waals surface area contributed by atoms with Crippen molar-refractivity contribution in [2.75, 3.05) is 18.6 Å². The Hall–Kier alpha value is -3.10. The summed E-state index contributed by atoms with van der Waals surface area (Å²) in [6.07, 6.45) is -1.09. The van der Waals surface area contributed by atoms with Crippen molar-refractivity contribution in [2.24, 2.45) is 0 Å². The number of benzene rings is 1. The molecule has 0 unspecified atom stereocenters. The summed E-state index contributed by atoms with van der Waals surface area (Å²) in [5.41, 5.74) is -0.396. The molecule has 0 atom stereocenters. The number of hydrogen-bond donors (Lipinski definition) is 0. The SMILES string of the molecule is CC.CCCc1c(OCCCC(=O)N(C)c2ccccn2)ccc2c(C(F)(F)F)noc12. The van der Waals surface area contributed by atoms with E-state index in [2.05, 4.69) is 10.1 Å². The van der Waals surface area contributed by atoms with Gasteiger partial charge >= 0.3 is 6.18 Å². The van der Waals surface area contributed by atoms with Gasteiger partial charge in [0.1, 0.15) is 11.6 Å². The molecule has 1 aromatic carbocycles. The molecule has 0 saturated heterocycles. The number of pyridine rings is 1. The maximum Gasteiger partial charge on any atom is 0.437 e. The van der Waals surface area contributed by atoms with E-state index >= 15 is 0 Å². The molecule has 0 aliphatic heterocycles. The lowest BCUT2D eigenvalue weighted by atomic mass is 10.0. The van der Waals surface area contributed by atoms with Crippen LogP contribution in [-0.2, 0) is 17.4 Å². The molecule has 0 radical (unpaired) electrons. The number of amides is 1. The van der Waals surface area contributed by atoms with E-state index in [0.29, 0.717) is 36.4 Å². The van der Waals surface area contributed by atoms with Gasteiger partial charge in [-0.05, 0) is 37.1 Å². The first-order chi connectivity index (χ1) is 15.3. The van der Waals surface area contributed by atoms with Gasteiger partial charge in [-0.2, -0.15) is 13.2 Å². The van der Waals surface area contributed by atoms with E-state index in [4.69, 9.17) is 9.26 Å². The minimum Gasteiger partial charge on any atom is -0.493 e. The summed E-state index contributed by atoms with van der Waals surface area (Å²) in [5.74, 6) is 0.899. The number of aromatic nitrogens is 2. The Morgan fingerprint density at radius 1 is 1.19 bits per heavy atom.